The monoisotopic (exact) mass is 284 g/mol. The summed E-state index contributed by atoms with van der Waals surface area (Å²) in [6.07, 6.45) is 2.95. The molecule has 0 aliphatic heterocycles. The summed E-state index contributed by atoms with van der Waals surface area (Å²) in [4.78, 5) is 0. The van der Waals surface area contributed by atoms with E-state index in [-0.39, 0.29) is 16.6 Å². The minimum Gasteiger partial charge on any atom is -0.212 e. The highest BCUT2D eigenvalue weighted by Gasteiger charge is 2.69. The molecule has 0 N–H and O–H groups in total. The molecule has 1 aromatic rings. The molecule has 4 rings (SSSR count). The van der Waals surface area contributed by atoms with Crippen LogP contribution in [0, 0.1) is 19.3 Å². The molecule has 0 aromatic heterocycles. The van der Waals surface area contributed by atoms with Gasteiger partial charge in [-0.25, -0.2) is 8.42 Å². The van der Waals surface area contributed by atoms with Crippen molar-refractivity contribution in [3.63, 3.8) is 0 Å². The van der Waals surface area contributed by atoms with Gasteiger partial charge in [0.2, 0.25) is 9.05 Å². The zero-order valence-electron chi connectivity index (χ0n) is 10.7. The Morgan fingerprint density at radius 3 is 2.11 bits per heavy atom. The molecule has 3 aliphatic carbocycles. The summed E-state index contributed by atoms with van der Waals surface area (Å²) in [5, 5.41) is 0. The topological polar surface area (TPSA) is 34.1 Å². The van der Waals surface area contributed by atoms with Gasteiger partial charge in [-0.2, -0.15) is 0 Å². The fraction of sp³-hybridized carbons (Fsp3) is 0.571. The number of halogens is 1. The lowest BCUT2D eigenvalue weighted by Gasteiger charge is -2.71. The molecule has 98 valence electrons. The largest absolute Gasteiger partial charge is 0.233 e. The van der Waals surface area contributed by atoms with E-state index in [0.717, 1.165) is 19.3 Å². The van der Waals surface area contributed by atoms with Crippen molar-refractivity contribution in [1.82, 2.24) is 0 Å². The van der Waals surface area contributed by atoms with Gasteiger partial charge in [-0.1, -0.05) is 18.2 Å². The number of hydrogen-bond acceptors (Lipinski definition) is 2. The van der Waals surface area contributed by atoms with E-state index in [9.17, 15) is 8.42 Å². The van der Waals surface area contributed by atoms with Crippen molar-refractivity contribution < 1.29 is 8.42 Å². The van der Waals surface area contributed by atoms with E-state index >= 15 is 0 Å². The lowest BCUT2D eigenvalue weighted by Crippen LogP contribution is -2.67. The summed E-state index contributed by atoms with van der Waals surface area (Å²) < 4.78 is 22.4. The third-order valence-corrected chi connectivity index (χ3v) is 5.91. The summed E-state index contributed by atoms with van der Waals surface area (Å²) in [5.41, 5.74) is 4.33. The van der Waals surface area contributed by atoms with E-state index in [1.165, 1.54) is 16.7 Å². The molecular formula is C14H17ClO2S. The summed E-state index contributed by atoms with van der Waals surface area (Å²) in [7, 11) is 2.02. The number of benzene rings is 1. The highest BCUT2D eigenvalue weighted by Crippen LogP contribution is 2.74. The van der Waals surface area contributed by atoms with Crippen molar-refractivity contribution in [1.29, 1.82) is 0 Å². The average Bonchev–Trinajstić information content (AvgIpc) is 2.09. The molecular weight excluding hydrogens is 268 g/mol. The fourth-order valence-corrected chi connectivity index (χ4v) is 6.17. The molecule has 0 unspecified atom stereocenters. The summed E-state index contributed by atoms with van der Waals surface area (Å²) in [6.45, 7) is 4.29. The van der Waals surface area contributed by atoms with Crippen LogP contribution in [0.3, 0.4) is 0 Å². The van der Waals surface area contributed by atoms with Gasteiger partial charge in [0, 0.05) is 10.7 Å². The van der Waals surface area contributed by atoms with E-state index in [2.05, 4.69) is 32.0 Å². The molecule has 3 aliphatic rings. The molecule has 0 radical (unpaired) electrons. The number of aryl methyl sites for hydroxylation is 2. The zero-order chi connectivity index (χ0) is 13.2. The van der Waals surface area contributed by atoms with Gasteiger partial charge in [0.15, 0.2) is 0 Å². The lowest BCUT2D eigenvalue weighted by molar-refractivity contribution is -0.122. The Hall–Kier alpha value is -0.540. The van der Waals surface area contributed by atoms with Crippen molar-refractivity contribution in [2.24, 2.45) is 5.41 Å². The minimum absolute atomic E-state index is 0.0185. The van der Waals surface area contributed by atoms with Crippen LogP contribution in [0.5, 0.6) is 0 Å². The summed E-state index contributed by atoms with van der Waals surface area (Å²) in [5.74, 6) is 0.147. The first-order valence-corrected chi connectivity index (χ1v) is 8.72. The lowest BCUT2D eigenvalue weighted by atomic mass is 9.33. The zero-order valence-corrected chi connectivity index (χ0v) is 12.2. The second-order valence-electron chi connectivity index (χ2n) is 6.26. The van der Waals surface area contributed by atoms with Gasteiger partial charge in [-0.05, 0) is 60.6 Å². The molecule has 4 heteroatoms. The predicted molar refractivity (Wildman–Crippen MR) is 73.5 cm³/mol. The Kier molecular flexibility index (Phi) is 2.44. The Morgan fingerprint density at radius 1 is 1.17 bits per heavy atom. The van der Waals surface area contributed by atoms with Crippen LogP contribution in [0.15, 0.2) is 18.2 Å². The van der Waals surface area contributed by atoms with Gasteiger partial charge in [0.25, 0.3) is 0 Å². The Bertz CT molecular complexity index is 579. The molecule has 3 fully saturated rings. The average molecular weight is 285 g/mol. The van der Waals surface area contributed by atoms with Gasteiger partial charge < -0.3 is 0 Å². The molecule has 0 amide bonds. The summed E-state index contributed by atoms with van der Waals surface area (Å²) in [6, 6.07) is 6.38. The third-order valence-electron chi connectivity index (χ3n) is 4.63. The number of hydrogen-bond donors (Lipinski definition) is 0. The van der Waals surface area contributed by atoms with E-state index in [0.29, 0.717) is 0 Å². The predicted octanol–water partition coefficient (Wildman–Crippen LogP) is 3.29. The Balaban J connectivity index is 1.85. The molecule has 2 bridgehead atoms. The van der Waals surface area contributed by atoms with Gasteiger partial charge >= 0.3 is 0 Å². The normalized spacial score (nSPS) is 33.7. The fourth-order valence-electron chi connectivity index (χ4n) is 4.43. The molecule has 0 atom stereocenters. The molecule has 2 nitrogen and oxygen atoms in total. The first kappa shape index (κ1) is 12.5. The maximum absolute atomic E-state index is 11.2. The van der Waals surface area contributed by atoms with E-state index in [1.54, 1.807) is 0 Å². The first-order chi connectivity index (χ1) is 8.25. The molecule has 0 heterocycles. The van der Waals surface area contributed by atoms with Gasteiger partial charge in [-0.15, -0.1) is 0 Å². The molecule has 18 heavy (non-hydrogen) atoms. The van der Waals surface area contributed by atoms with Crippen LogP contribution >= 0.6 is 10.7 Å². The highest BCUT2D eigenvalue weighted by atomic mass is 35.7. The van der Waals surface area contributed by atoms with Gasteiger partial charge in [0.05, 0.1) is 5.75 Å². The third kappa shape index (κ3) is 1.71. The first-order valence-electron chi connectivity index (χ1n) is 6.25. The highest BCUT2D eigenvalue weighted by molar-refractivity contribution is 8.13. The van der Waals surface area contributed by atoms with Crippen molar-refractivity contribution in [3.05, 3.63) is 34.9 Å². The minimum atomic E-state index is -3.36. The standard InChI is InChI=1S/C14H17ClO2S/c1-10-4-3-5-11(2)12(10)14-6-13(7-14,8-14)9-18(15,16)17/h3-5H,6-9H2,1-2H3. The Labute approximate surface area is 113 Å². The van der Waals surface area contributed by atoms with Crippen LogP contribution in [0.1, 0.15) is 36.0 Å². The molecule has 0 spiro atoms. The smallest absolute Gasteiger partial charge is 0.212 e. The maximum atomic E-state index is 11.2. The molecule has 0 saturated heterocycles. The van der Waals surface area contributed by atoms with E-state index in [4.69, 9.17) is 10.7 Å². The number of rotatable bonds is 3. The molecule has 3 saturated carbocycles. The Morgan fingerprint density at radius 2 is 1.67 bits per heavy atom. The van der Waals surface area contributed by atoms with Crippen LogP contribution in [-0.2, 0) is 14.5 Å². The van der Waals surface area contributed by atoms with Gasteiger partial charge in [-0.3, -0.25) is 0 Å². The second-order valence-corrected chi connectivity index (χ2v) is 9.04. The van der Waals surface area contributed by atoms with Crippen LogP contribution < -0.4 is 0 Å². The second kappa shape index (κ2) is 3.51. The van der Waals surface area contributed by atoms with E-state index in [1.807, 2.05) is 0 Å². The van der Waals surface area contributed by atoms with Crippen LogP contribution in [0.4, 0.5) is 0 Å². The van der Waals surface area contributed by atoms with Crippen LogP contribution in [-0.4, -0.2) is 14.2 Å². The van der Waals surface area contributed by atoms with Crippen LogP contribution in [0.2, 0.25) is 0 Å². The van der Waals surface area contributed by atoms with Crippen LogP contribution in [0.25, 0.3) is 0 Å². The van der Waals surface area contributed by atoms with Crippen molar-refractivity contribution in [2.45, 2.75) is 38.5 Å². The SMILES string of the molecule is Cc1cccc(C)c1C12CC(CS(=O)(=O)Cl)(C1)C2. The summed E-state index contributed by atoms with van der Waals surface area (Å²) >= 11 is 0. The van der Waals surface area contributed by atoms with Crippen molar-refractivity contribution in [3.8, 4) is 0 Å². The molecule has 1 aromatic carbocycles. The van der Waals surface area contributed by atoms with E-state index < -0.39 is 9.05 Å². The van der Waals surface area contributed by atoms with Gasteiger partial charge in [0.1, 0.15) is 0 Å². The quantitative estimate of drug-likeness (QED) is 0.798. The van der Waals surface area contributed by atoms with Crippen molar-refractivity contribution in [2.75, 3.05) is 5.75 Å². The maximum Gasteiger partial charge on any atom is 0.233 e. The van der Waals surface area contributed by atoms with Crippen molar-refractivity contribution >= 4 is 19.7 Å².